The van der Waals surface area contributed by atoms with Crippen LogP contribution in [0.4, 0.5) is 10.5 Å². The van der Waals surface area contributed by atoms with Gasteiger partial charge in [0.05, 0.1) is 6.61 Å². The maximum Gasteiger partial charge on any atom is 0.412 e. The van der Waals surface area contributed by atoms with Crippen LogP contribution in [-0.4, -0.2) is 48.0 Å². The number of rotatable bonds is 12. The first-order chi connectivity index (χ1) is 17.0. The molecule has 8 heteroatoms. The Balaban J connectivity index is 1.89. The Labute approximate surface area is 204 Å². The predicted molar refractivity (Wildman–Crippen MR) is 131 cm³/mol. The number of aliphatic hydroxyl groups is 2. The summed E-state index contributed by atoms with van der Waals surface area (Å²) in [6.45, 7) is 1.14. The lowest BCUT2D eigenvalue weighted by Gasteiger charge is -2.29. The van der Waals surface area contributed by atoms with E-state index in [2.05, 4.69) is 5.32 Å². The van der Waals surface area contributed by atoms with E-state index in [1.54, 1.807) is 60.7 Å². The molecule has 2 atom stereocenters. The van der Waals surface area contributed by atoms with Crippen molar-refractivity contribution >= 4 is 17.6 Å². The molecule has 0 aliphatic heterocycles. The summed E-state index contributed by atoms with van der Waals surface area (Å²) in [5, 5.41) is 21.6. The van der Waals surface area contributed by atoms with Crippen molar-refractivity contribution in [1.29, 1.82) is 0 Å². The number of ether oxygens (including phenoxy) is 3. The molecule has 0 saturated heterocycles. The third-order valence-corrected chi connectivity index (χ3v) is 5.13. The SMILES string of the molecule is CC(=O)c1ccc(NC(=O)O[C@H](c2ccccc2OCCO)[C@@H](CCO)Oc2ccccc2)cc1. The Morgan fingerprint density at radius 1 is 0.886 bits per heavy atom. The first-order valence-corrected chi connectivity index (χ1v) is 11.3. The highest BCUT2D eigenvalue weighted by Crippen LogP contribution is 2.34. The topological polar surface area (TPSA) is 114 Å². The number of carbonyl (C=O) groups excluding carboxylic acids is 2. The van der Waals surface area contributed by atoms with Gasteiger partial charge in [0.15, 0.2) is 11.9 Å². The molecule has 8 nitrogen and oxygen atoms in total. The van der Waals surface area contributed by atoms with E-state index in [0.717, 1.165) is 0 Å². The van der Waals surface area contributed by atoms with Gasteiger partial charge in [-0.2, -0.15) is 0 Å². The largest absolute Gasteiger partial charge is 0.491 e. The number of benzene rings is 3. The molecule has 0 bridgehead atoms. The number of Topliss-reactive ketones (excluding diaryl/α,β-unsaturated/α-hetero) is 1. The summed E-state index contributed by atoms with van der Waals surface area (Å²) in [6.07, 6.45) is -2.27. The quantitative estimate of drug-likeness (QED) is 0.330. The summed E-state index contributed by atoms with van der Waals surface area (Å²) < 4.78 is 17.6. The molecule has 3 N–H and O–H groups in total. The van der Waals surface area contributed by atoms with Crippen LogP contribution in [0.1, 0.15) is 35.4 Å². The van der Waals surface area contributed by atoms with Crippen molar-refractivity contribution < 1.29 is 34.0 Å². The van der Waals surface area contributed by atoms with Crippen molar-refractivity contribution in [1.82, 2.24) is 0 Å². The average molecular weight is 480 g/mol. The van der Waals surface area contributed by atoms with Crippen LogP contribution < -0.4 is 14.8 Å². The van der Waals surface area contributed by atoms with Crippen molar-refractivity contribution in [2.24, 2.45) is 0 Å². The minimum absolute atomic E-state index is 0.0582. The normalized spacial score (nSPS) is 12.3. The average Bonchev–Trinajstić information content (AvgIpc) is 2.87. The monoisotopic (exact) mass is 479 g/mol. The van der Waals surface area contributed by atoms with Crippen LogP contribution in [0.3, 0.4) is 0 Å². The maximum absolute atomic E-state index is 12.9. The number of hydrogen-bond acceptors (Lipinski definition) is 7. The number of carbonyl (C=O) groups is 2. The zero-order valence-electron chi connectivity index (χ0n) is 19.4. The fourth-order valence-corrected chi connectivity index (χ4v) is 3.47. The summed E-state index contributed by atoms with van der Waals surface area (Å²) in [5.74, 6) is 0.891. The molecule has 3 aromatic carbocycles. The van der Waals surface area contributed by atoms with Gasteiger partial charge in [-0.15, -0.1) is 0 Å². The van der Waals surface area contributed by atoms with E-state index in [9.17, 15) is 19.8 Å². The molecule has 0 unspecified atom stereocenters. The minimum atomic E-state index is -0.950. The highest BCUT2D eigenvalue weighted by molar-refractivity contribution is 5.95. The third kappa shape index (κ3) is 7.56. The Bertz CT molecular complexity index is 1090. The summed E-state index contributed by atoms with van der Waals surface area (Å²) in [4.78, 5) is 24.4. The molecule has 3 rings (SSSR count). The standard InChI is InChI=1S/C27H29NO7/c1-19(31)20-11-13-21(14-12-20)28-27(32)35-26(23-9-5-6-10-24(23)33-18-17-30)25(15-16-29)34-22-7-3-2-4-8-22/h2-14,25-26,29-30H,15-18H2,1H3,(H,28,32)/t25-,26-/m1/s1. The summed E-state index contributed by atoms with van der Waals surface area (Å²) in [7, 11) is 0. The molecule has 0 spiro atoms. The Morgan fingerprint density at radius 2 is 1.57 bits per heavy atom. The van der Waals surface area contributed by atoms with Gasteiger partial charge >= 0.3 is 6.09 Å². The number of ketones is 1. The fraction of sp³-hybridized carbons (Fsp3) is 0.259. The van der Waals surface area contributed by atoms with Crippen LogP contribution in [0.5, 0.6) is 11.5 Å². The highest BCUT2D eigenvalue weighted by atomic mass is 16.6. The smallest absolute Gasteiger partial charge is 0.412 e. The second kappa shape index (κ2) is 13.1. The molecule has 35 heavy (non-hydrogen) atoms. The predicted octanol–water partition coefficient (Wildman–Crippen LogP) is 4.38. The van der Waals surface area contributed by atoms with E-state index in [0.29, 0.717) is 28.3 Å². The van der Waals surface area contributed by atoms with Gasteiger partial charge in [-0.3, -0.25) is 10.1 Å². The van der Waals surface area contributed by atoms with Crippen molar-refractivity contribution in [3.05, 3.63) is 90.0 Å². The molecule has 0 radical (unpaired) electrons. The lowest BCUT2D eigenvalue weighted by molar-refractivity contribution is 0.00751. The van der Waals surface area contributed by atoms with E-state index >= 15 is 0 Å². The number of anilines is 1. The molecular weight excluding hydrogens is 450 g/mol. The molecule has 0 aliphatic carbocycles. The second-order valence-electron chi connectivity index (χ2n) is 7.68. The van der Waals surface area contributed by atoms with Gasteiger partial charge in [0.25, 0.3) is 0 Å². The first kappa shape index (κ1) is 25.7. The van der Waals surface area contributed by atoms with E-state index in [4.69, 9.17) is 14.2 Å². The lowest BCUT2D eigenvalue weighted by Crippen LogP contribution is -2.32. The number of para-hydroxylation sites is 2. The van der Waals surface area contributed by atoms with Crippen LogP contribution in [-0.2, 0) is 4.74 Å². The van der Waals surface area contributed by atoms with Gasteiger partial charge in [0.1, 0.15) is 24.2 Å². The molecule has 1 amide bonds. The molecule has 3 aromatic rings. The second-order valence-corrected chi connectivity index (χ2v) is 7.68. The summed E-state index contributed by atoms with van der Waals surface area (Å²) >= 11 is 0. The van der Waals surface area contributed by atoms with Crippen LogP contribution in [0.15, 0.2) is 78.9 Å². The van der Waals surface area contributed by atoms with Gasteiger partial charge in [-0.05, 0) is 49.4 Å². The molecule has 0 aliphatic rings. The number of aliphatic hydroxyl groups excluding tert-OH is 2. The van der Waals surface area contributed by atoms with Gasteiger partial charge in [-0.25, -0.2) is 4.79 Å². The molecule has 0 fully saturated rings. The molecular formula is C27H29NO7. The van der Waals surface area contributed by atoms with E-state index in [1.165, 1.54) is 6.92 Å². The molecule has 184 valence electrons. The molecule has 0 heterocycles. The maximum atomic E-state index is 12.9. The lowest BCUT2D eigenvalue weighted by atomic mass is 10.0. The fourth-order valence-electron chi connectivity index (χ4n) is 3.47. The summed E-state index contributed by atoms with van der Waals surface area (Å²) in [5.41, 5.74) is 1.50. The Kier molecular flexibility index (Phi) is 9.65. The van der Waals surface area contributed by atoms with Crippen LogP contribution >= 0.6 is 0 Å². The number of hydrogen-bond donors (Lipinski definition) is 3. The molecule has 0 aromatic heterocycles. The highest BCUT2D eigenvalue weighted by Gasteiger charge is 2.31. The Hall–Kier alpha value is -3.88. The van der Waals surface area contributed by atoms with Crippen molar-refractivity contribution in [2.75, 3.05) is 25.1 Å². The van der Waals surface area contributed by atoms with Crippen LogP contribution in [0, 0.1) is 0 Å². The van der Waals surface area contributed by atoms with Crippen LogP contribution in [0.2, 0.25) is 0 Å². The third-order valence-electron chi connectivity index (χ3n) is 5.13. The van der Waals surface area contributed by atoms with Crippen molar-refractivity contribution in [2.45, 2.75) is 25.6 Å². The van der Waals surface area contributed by atoms with Crippen LogP contribution in [0.25, 0.3) is 0 Å². The van der Waals surface area contributed by atoms with E-state index in [1.807, 2.05) is 18.2 Å². The van der Waals surface area contributed by atoms with Crippen molar-refractivity contribution in [3.63, 3.8) is 0 Å². The minimum Gasteiger partial charge on any atom is -0.491 e. The van der Waals surface area contributed by atoms with Crippen molar-refractivity contribution in [3.8, 4) is 11.5 Å². The molecule has 0 saturated carbocycles. The van der Waals surface area contributed by atoms with E-state index in [-0.39, 0.29) is 32.0 Å². The number of amides is 1. The zero-order valence-corrected chi connectivity index (χ0v) is 19.4. The zero-order chi connectivity index (χ0) is 25.0. The Morgan fingerprint density at radius 3 is 2.23 bits per heavy atom. The van der Waals surface area contributed by atoms with Gasteiger partial charge in [0.2, 0.25) is 0 Å². The number of nitrogens with one attached hydrogen (secondary N) is 1. The van der Waals surface area contributed by atoms with E-state index < -0.39 is 18.3 Å². The van der Waals surface area contributed by atoms with Gasteiger partial charge in [-0.1, -0.05) is 36.4 Å². The summed E-state index contributed by atoms with van der Waals surface area (Å²) in [6, 6.07) is 22.5. The first-order valence-electron chi connectivity index (χ1n) is 11.3. The van der Waals surface area contributed by atoms with Gasteiger partial charge in [0, 0.05) is 29.8 Å². The van der Waals surface area contributed by atoms with Gasteiger partial charge < -0.3 is 24.4 Å².